The predicted octanol–water partition coefficient (Wildman–Crippen LogP) is 19.1. The van der Waals surface area contributed by atoms with Crippen LogP contribution in [0.3, 0.4) is 0 Å². The quantitative estimate of drug-likeness (QED) is 0.0492. The van der Waals surface area contributed by atoms with Gasteiger partial charge in [-0.15, -0.1) is 0 Å². The molecule has 61 heavy (non-hydrogen) atoms. The summed E-state index contributed by atoms with van der Waals surface area (Å²) < 4.78 is 29.1. The van der Waals surface area contributed by atoms with Crippen LogP contribution in [0.25, 0.3) is 0 Å². The SMILES string of the molecule is CCCCCCC[CH2][Sn]([CH2]CCCCCCC)([O]c1ccc(CCC)c(CC)c1C)[O][Sn]([CH2]CCCCCCC)([CH2]CCCCCCC)[O]c1ccc(CCC)c(CC)c1C. The minimum atomic E-state index is -3.92. The maximum absolute atomic E-state index is 8.53. The molecule has 0 saturated carbocycles. The van der Waals surface area contributed by atoms with E-state index in [1.807, 2.05) is 0 Å². The van der Waals surface area contributed by atoms with Crippen LogP contribution in [0.1, 0.15) is 256 Å². The molecule has 3 nitrogen and oxygen atoms in total. The predicted molar refractivity (Wildman–Crippen MR) is 276 cm³/mol. The van der Waals surface area contributed by atoms with Crippen molar-refractivity contribution < 1.29 is 7.56 Å². The molecule has 0 radical (unpaired) electrons. The van der Waals surface area contributed by atoms with Crippen LogP contribution < -0.4 is 6.15 Å². The summed E-state index contributed by atoms with van der Waals surface area (Å²) in [6.07, 6.45) is 38.3. The molecule has 2 rings (SSSR count). The van der Waals surface area contributed by atoms with E-state index in [0.29, 0.717) is 0 Å². The molecule has 0 aliphatic carbocycles. The van der Waals surface area contributed by atoms with Gasteiger partial charge in [-0.2, -0.15) is 0 Å². The number of benzene rings is 2. The van der Waals surface area contributed by atoms with E-state index in [4.69, 9.17) is 7.56 Å². The molecule has 0 fully saturated rings. The Hall–Kier alpha value is -0.403. The molecule has 0 spiro atoms. The summed E-state index contributed by atoms with van der Waals surface area (Å²) in [6, 6.07) is 9.59. The number of unbranched alkanes of at least 4 members (excludes halogenated alkanes) is 20. The summed E-state index contributed by atoms with van der Waals surface area (Å²) in [6.45, 7) is 23.4. The Labute approximate surface area is 391 Å². The first-order valence-electron chi connectivity index (χ1n) is 27.0. The van der Waals surface area contributed by atoms with E-state index in [1.54, 1.807) is 0 Å². The minimum absolute atomic E-state index is 1.06. The van der Waals surface area contributed by atoms with Gasteiger partial charge in [0.05, 0.1) is 0 Å². The Morgan fingerprint density at radius 1 is 0.344 bits per heavy atom. The number of hydrogen-bond acceptors (Lipinski definition) is 3. The van der Waals surface area contributed by atoms with Gasteiger partial charge in [0.25, 0.3) is 0 Å². The van der Waals surface area contributed by atoms with Crippen LogP contribution in [-0.4, -0.2) is 38.4 Å². The van der Waals surface area contributed by atoms with Crippen molar-refractivity contribution in [2.45, 2.75) is 280 Å². The van der Waals surface area contributed by atoms with Gasteiger partial charge in [0, 0.05) is 0 Å². The van der Waals surface area contributed by atoms with Crippen molar-refractivity contribution in [2.24, 2.45) is 0 Å². The van der Waals surface area contributed by atoms with Gasteiger partial charge in [0.2, 0.25) is 0 Å². The topological polar surface area (TPSA) is 27.7 Å². The van der Waals surface area contributed by atoms with Crippen LogP contribution in [-0.2, 0) is 27.1 Å². The summed E-state index contributed by atoms with van der Waals surface area (Å²) in [4.78, 5) is 0. The van der Waals surface area contributed by atoms with Gasteiger partial charge in [-0.25, -0.2) is 0 Å². The monoisotopic (exact) mass is 1060 g/mol. The maximum atomic E-state index is 8.53. The van der Waals surface area contributed by atoms with Crippen molar-refractivity contribution in [2.75, 3.05) is 0 Å². The molecule has 0 saturated heterocycles. The third-order valence-corrected chi connectivity index (χ3v) is 46.1. The first kappa shape index (κ1) is 56.7. The van der Waals surface area contributed by atoms with E-state index in [0.717, 1.165) is 54.9 Å². The van der Waals surface area contributed by atoms with Gasteiger partial charge in [0.15, 0.2) is 0 Å². The fraction of sp³-hybridized carbons (Fsp3) is 0.786. The first-order valence-corrected chi connectivity index (χ1v) is 39.8. The molecule has 0 aliphatic heterocycles. The summed E-state index contributed by atoms with van der Waals surface area (Å²) in [5.41, 5.74) is 8.82. The molecule has 0 heterocycles. The van der Waals surface area contributed by atoms with Crippen molar-refractivity contribution >= 4 is 38.4 Å². The Morgan fingerprint density at radius 3 is 0.885 bits per heavy atom. The second-order valence-electron chi connectivity index (χ2n) is 19.1. The van der Waals surface area contributed by atoms with E-state index >= 15 is 0 Å². The van der Waals surface area contributed by atoms with Crippen LogP contribution in [0.5, 0.6) is 11.5 Å². The van der Waals surface area contributed by atoms with Gasteiger partial charge < -0.3 is 0 Å². The first-order chi connectivity index (χ1) is 29.7. The molecule has 0 aromatic heterocycles. The molecule has 0 aliphatic rings. The molecule has 5 heteroatoms. The molecule has 352 valence electrons. The number of hydrogen-bond donors (Lipinski definition) is 0. The summed E-state index contributed by atoms with van der Waals surface area (Å²) in [5.74, 6) is 2.30. The summed E-state index contributed by atoms with van der Waals surface area (Å²) in [5, 5.41) is 0. The third-order valence-electron chi connectivity index (χ3n) is 13.6. The molecule has 0 bridgehead atoms. The molecular formula is C56H102O3Sn2. The van der Waals surface area contributed by atoms with Crippen LogP contribution >= 0.6 is 0 Å². The van der Waals surface area contributed by atoms with E-state index in [1.165, 1.54) is 200 Å². The Kier molecular flexibility index (Phi) is 32.4. The molecule has 2 aromatic carbocycles. The molecule has 0 amide bonds. The van der Waals surface area contributed by atoms with E-state index < -0.39 is 38.4 Å². The average molecular weight is 1060 g/mol. The second kappa shape index (κ2) is 34.9. The van der Waals surface area contributed by atoms with Crippen LogP contribution in [0, 0.1) is 13.8 Å². The van der Waals surface area contributed by atoms with Crippen LogP contribution in [0.2, 0.25) is 17.7 Å². The zero-order valence-corrected chi connectivity index (χ0v) is 48.3. The van der Waals surface area contributed by atoms with Crippen LogP contribution in [0.15, 0.2) is 24.3 Å². The van der Waals surface area contributed by atoms with Crippen molar-refractivity contribution in [1.82, 2.24) is 0 Å². The molecule has 2 aromatic rings. The zero-order valence-electron chi connectivity index (χ0n) is 42.6. The Morgan fingerprint density at radius 2 is 0.623 bits per heavy atom. The van der Waals surface area contributed by atoms with Crippen molar-refractivity contribution in [3.05, 3.63) is 57.6 Å². The van der Waals surface area contributed by atoms with Gasteiger partial charge in [-0.05, 0) is 0 Å². The summed E-state index contributed by atoms with van der Waals surface area (Å²) >= 11 is -7.84. The molecule has 0 unspecified atom stereocenters. The fourth-order valence-electron chi connectivity index (χ4n) is 9.93. The van der Waals surface area contributed by atoms with Gasteiger partial charge in [-0.3, -0.25) is 0 Å². The van der Waals surface area contributed by atoms with Gasteiger partial charge in [0.1, 0.15) is 0 Å². The fourth-order valence-corrected chi connectivity index (χ4v) is 50.8. The number of aryl methyl sites for hydroxylation is 2. The molecule has 0 N–H and O–H groups in total. The van der Waals surface area contributed by atoms with Gasteiger partial charge >= 0.3 is 395 Å². The number of rotatable bonds is 40. The standard InChI is InChI=1S/2C12H18O.4C8H17.O.2Sn/c2*1-4-6-10-7-8-12(13)9(3)11(10)5-2;4*1-3-5-7-8-6-4-2;;;/h2*7-8,13H,4-6H2,1-3H3;4*1,3-8H2,2H3;;;/q;;;;;;;2*+1/p-2. The second-order valence-corrected chi connectivity index (χ2v) is 40.8. The average Bonchev–Trinajstić information content (AvgIpc) is 3.25. The normalized spacial score (nSPS) is 12.1. The van der Waals surface area contributed by atoms with E-state index in [9.17, 15) is 0 Å². The molecule has 0 atom stereocenters. The van der Waals surface area contributed by atoms with E-state index in [-0.39, 0.29) is 0 Å². The third kappa shape index (κ3) is 21.6. The molecular weight excluding hydrogens is 958 g/mol. The van der Waals surface area contributed by atoms with Crippen LogP contribution in [0.4, 0.5) is 0 Å². The van der Waals surface area contributed by atoms with Crippen molar-refractivity contribution in [3.8, 4) is 11.5 Å². The zero-order chi connectivity index (χ0) is 44.6. The Balaban J connectivity index is 2.85. The van der Waals surface area contributed by atoms with Crippen molar-refractivity contribution in [3.63, 3.8) is 0 Å². The van der Waals surface area contributed by atoms with E-state index in [2.05, 4.69) is 93.5 Å². The Bertz CT molecular complexity index is 1250. The van der Waals surface area contributed by atoms with Gasteiger partial charge in [-0.1, -0.05) is 0 Å². The van der Waals surface area contributed by atoms with Crippen molar-refractivity contribution in [1.29, 1.82) is 0 Å². The summed E-state index contributed by atoms with van der Waals surface area (Å²) in [7, 11) is 0.